The van der Waals surface area contributed by atoms with E-state index in [9.17, 15) is 22.8 Å². The number of rotatable bonds is 8. The van der Waals surface area contributed by atoms with Gasteiger partial charge in [-0.3, -0.25) is 14.6 Å². The third-order valence-corrected chi connectivity index (χ3v) is 11.5. The van der Waals surface area contributed by atoms with Gasteiger partial charge in [-0.05, 0) is 101 Å². The quantitative estimate of drug-likeness (QED) is 0.422. The van der Waals surface area contributed by atoms with Gasteiger partial charge >= 0.3 is 6.03 Å². The first kappa shape index (κ1) is 32.6. The highest BCUT2D eigenvalue weighted by molar-refractivity contribution is 7.89. The molecule has 3 heterocycles. The molecule has 3 fully saturated rings. The van der Waals surface area contributed by atoms with Gasteiger partial charge in [0.25, 0.3) is 11.8 Å². The number of aliphatic imine (C=N–C) groups is 1. The highest BCUT2D eigenvalue weighted by Crippen LogP contribution is 2.36. The van der Waals surface area contributed by atoms with Gasteiger partial charge in [0.1, 0.15) is 17.4 Å². The summed E-state index contributed by atoms with van der Waals surface area (Å²) in [5.41, 5.74) is 1.64. The van der Waals surface area contributed by atoms with Gasteiger partial charge in [-0.15, -0.1) is 0 Å². The topological polar surface area (TPSA) is 137 Å². The summed E-state index contributed by atoms with van der Waals surface area (Å²) in [6.07, 6.45) is 5.40. The van der Waals surface area contributed by atoms with Crippen molar-refractivity contribution in [2.45, 2.75) is 104 Å². The Hall–Kier alpha value is -2.83. The van der Waals surface area contributed by atoms with E-state index in [1.165, 1.54) is 4.31 Å². The van der Waals surface area contributed by atoms with Crippen LogP contribution < -0.4 is 15.5 Å². The minimum atomic E-state index is -3.58. The molecule has 4 amide bonds. The minimum absolute atomic E-state index is 0.0721. The highest BCUT2D eigenvalue weighted by Gasteiger charge is 2.48. The van der Waals surface area contributed by atoms with E-state index in [-0.39, 0.29) is 43.2 Å². The molecule has 3 aliphatic heterocycles. The fourth-order valence-electron chi connectivity index (χ4n) is 6.82. The van der Waals surface area contributed by atoms with Crippen LogP contribution in [-0.2, 0) is 30.8 Å². The second-order valence-corrected chi connectivity index (χ2v) is 16.2. The molecule has 242 valence electrons. The van der Waals surface area contributed by atoms with Gasteiger partial charge in [-0.25, -0.2) is 22.4 Å². The summed E-state index contributed by atoms with van der Waals surface area (Å²) in [4.78, 5) is 44.8. The van der Waals surface area contributed by atoms with Crippen LogP contribution in [0.3, 0.4) is 0 Å². The molecule has 44 heavy (non-hydrogen) atoms. The molecule has 12 heteroatoms. The number of carbonyl (C=O) groups excluding carboxylic acids is 3. The summed E-state index contributed by atoms with van der Waals surface area (Å²) in [7, 11) is -3.58. The van der Waals surface area contributed by atoms with Crippen LogP contribution in [0.1, 0.15) is 82.9 Å². The van der Waals surface area contributed by atoms with E-state index >= 15 is 0 Å². The number of piperidine rings is 1. The Bertz CT molecular complexity index is 1430. The molecule has 1 atom stereocenters. The smallest absolute Gasteiger partial charge is 0.329 e. The molecule has 1 saturated carbocycles. The molecule has 0 bridgehead atoms. The van der Waals surface area contributed by atoms with E-state index in [1.807, 2.05) is 34.6 Å². The van der Waals surface area contributed by atoms with Gasteiger partial charge in [0.15, 0.2) is 0 Å². The average molecular weight is 630 g/mol. The number of ether oxygens (including phenoxy) is 1. The van der Waals surface area contributed by atoms with E-state index in [1.54, 1.807) is 12.1 Å². The number of nitrogens with one attached hydrogen (secondary N) is 2. The maximum Gasteiger partial charge on any atom is 0.329 e. The zero-order valence-corrected chi connectivity index (χ0v) is 27.7. The zero-order chi connectivity index (χ0) is 32.0. The van der Waals surface area contributed by atoms with Crippen LogP contribution in [-0.4, -0.2) is 79.0 Å². The molecule has 0 radical (unpaired) electrons. The maximum atomic E-state index is 13.4. The molecule has 5 rings (SSSR count). The first-order valence-corrected chi connectivity index (χ1v) is 17.5. The molecule has 0 aromatic heterocycles. The van der Waals surface area contributed by atoms with Gasteiger partial charge in [0.2, 0.25) is 10.0 Å². The molecule has 2 N–H and O–H groups in total. The molecule has 4 aliphatic rings. The normalized spacial score (nSPS) is 26.2. The van der Waals surface area contributed by atoms with Gasteiger partial charge in [-0.1, -0.05) is 19.8 Å². The Kier molecular flexibility index (Phi) is 9.00. The van der Waals surface area contributed by atoms with E-state index < -0.39 is 33.2 Å². The number of hydrogen-bond donors (Lipinski definition) is 2. The zero-order valence-electron chi connectivity index (χ0n) is 26.9. The largest absolute Gasteiger partial charge is 0.373 e. The van der Waals surface area contributed by atoms with Crippen molar-refractivity contribution in [3.63, 3.8) is 0 Å². The lowest BCUT2D eigenvalue weighted by Crippen LogP contribution is -2.51. The van der Waals surface area contributed by atoms with Gasteiger partial charge in [0.05, 0.1) is 23.6 Å². The molecule has 11 nitrogen and oxygen atoms in total. The average Bonchev–Trinajstić information content (AvgIpc) is 3.41. The van der Waals surface area contributed by atoms with Crippen LogP contribution in [0.15, 0.2) is 17.1 Å². The van der Waals surface area contributed by atoms with Crippen molar-refractivity contribution < 1.29 is 27.5 Å². The third kappa shape index (κ3) is 6.72. The third-order valence-electron chi connectivity index (χ3n) is 9.60. The predicted molar refractivity (Wildman–Crippen MR) is 169 cm³/mol. The molecule has 1 unspecified atom stereocenters. The number of benzene rings is 1. The minimum Gasteiger partial charge on any atom is -0.373 e. The SMILES string of the molecule is Cc1cc(N2C(=O)NC(COC(C)(C)C)C2=O)cc(C)c1CCS(=O)(=O)N1CCC2(CC1)N=C([C@H]1CC[C@H](C)CC1)NC2=O. The number of amidine groups is 1. The number of urea groups is 1. The van der Waals surface area contributed by atoms with E-state index in [0.29, 0.717) is 30.9 Å². The van der Waals surface area contributed by atoms with Crippen LogP contribution in [0.4, 0.5) is 10.5 Å². The van der Waals surface area contributed by atoms with Crippen molar-refractivity contribution in [2.24, 2.45) is 16.8 Å². The van der Waals surface area contributed by atoms with Crippen molar-refractivity contribution in [1.82, 2.24) is 14.9 Å². The van der Waals surface area contributed by atoms with Gasteiger partial charge in [0, 0.05) is 19.0 Å². The monoisotopic (exact) mass is 629 g/mol. The lowest BCUT2D eigenvalue weighted by molar-refractivity contribution is -0.125. The number of sulfonamides is 1. The van der Waals surface area contributed by atoms with Gasteiger partial charge in [-0.2, -0.15) is 0 Å². The summed E-state index contributed by atoms with van der Waals surface area (Å²) >= 11 is 0. The fraction of sp³-hybridized carbons (Fsp3) is 0.688. The Morgan fingerprint density at radius 1 is 1.02 bits per heavy atom. The summed E-state index contributed by atoms with van der Waals surface area (Å²) in [5, 5.41) is 5.74. The lowest BCUT2D eigenvalue weighted by atomic mass is 9.82. The maximum absolute atomic E-state index is 13.4. The first-order valence-electron chi connectivity index (χ1n) is 15.9. The van der Waals surface area contributed by atoms with Crippen molar-refractivity contribution in [1.29, 1.82) is 0 Å². The van der Waals surface area contributed by atoms with Crippen LogP contribution in [0.2, 0.25) is 0 Å². The number of nitrogens with zero attached hydrogens (tertiary/aromatic N) is 3. The molecular formula is C32H47N5O6S. The summed E-state index contributed by atoms with van der Waals surface area (Å²) in [6.45, 7) is 12.2. The van der Waals surface area contributed by atoms with Crippen molar-refractivity contribution in [3.05, 3.63) is 28.8 Å². The number of anilines is 1. The predicted octanol–water partition coefficient (Wildman–Crippen LogP) is 3.60. The first-order chi connectivity index (χ1) is 20.6. The van der Waals surface area contributed by atoms with Crippen molar-refractivity contribution in [3.8, 4) is 0 Å². The lowest BCUT2D eigenvalue weighted by Gasteiger charge is -2.34. The molecule has 2 saturated heterocycles. The Morgan fingerprint density at radius 2 is 1.64 bits per heavy atom. The molecule has 1 spiro atoms. The second kappa shape index (κ2) is 12.2. The number of aryl methyl sites for hydroxylation is 2. The van der Waals surface area contributed by atoms with Crippen LogP contribution >= 0.6 is 0 Å². The molecular weight excluding hydrogens is 582 g/mol. The summed E-state index contributed by atoms with van der Waals surface area (Å²) in [6, 6.07) is 2.24. The highest BCUT2D eigenvalue weighted by atomic mass is 32.2. The van der Waals surface area contributed by atoms with E-state index in [4.69, 9.17) is 9.73 Å². The number of amides is 4. The summed E-state index contributed by atoms with van der Waals surface area (Å²) in [5.74, 6) is 1.26. The Balaban J connectivity index is 1.20. The van der Waals surface area contributed by atoms with Gasteiger partial charge < -0.3 is 15.4 Å². The van der Waals surface area contributed by atoms with Crippen LogP contribution in [0.5, 0.6) is 0 Å². The van der Waals surface area contributed by atoms with Crippen molar-refractivity contribution >= 4 is 39.4 Å². The van der Waals surface area contributed by atoms with Crippen LogP contribution in [0.25, 0.3) is 0 Å². The van der Waals surface area contributed by atoms with E-state index in [2.05, 4.69) is 17.6 Å². The summed E-state index contributed by atoms with van der Waals surface area (Å²) < 4.78 is 34.0. The molecule has 1 aromatic rings. The number of carbonyl (C=O) groups is 3. The van der Waals surface area contributed by atoms with Crippen molar-refractivity contribution in [2.75, 3.05) is 30.3 Å². The standard InChI is InChI=1S/C32H47N5O6S/c1-20-7-9-23(10-8-20)27-34-29(39)32(35-27)12-14-36(15-13-32)44(41,42)16-11-25-21(2)17-24(18-22(25)3)37-28(38)26(33-30(37)40)19-43-31(4,5)6/h17-18,20,23,26H,7-16,19H2,1-6H3,(H,33,40)(H,34,35,39)/t20-,23-,26?. The number of imide groups is 1. The number of hydrogen-bond acceptors (Lipinski definition) is 7. The van der Waals surface area contributed by atoms with Crippen LogP contribution in [0, 0.1) is 25.7 Å². The van der Waals surface area contributed by atoms with E-state index in [0.717, 1.165) is 53.1 Å². The Morgan fingerprint density at radius 3 is 2.23 bits per heavy atom. The molecule has 1 aliphatic carbocycles. The fourth-order valence-corrected chi connectivity index (χ4v) is 8.28. The molecule has 1 aromatic carbocycles. The second-order valence-electron chi connectivity index (χ2n) is 14.1. The Labute approximate surface area is 261 Å².